The second-order valence-electron chi connectivity index (χ2n) is 13.9. The smallest absolute Gasteiger partial charge is 0.322 e. The molecule has 0 aliphatic heterocycles. The lowest BCUT2D eigenvalue weighted by atomic mass is 10.0. The largest absolute Gasteiger partial charge is 0.480 e. The standard InChI is InChI=1S/C44H77NO5/c1-3-5-7-9-11-12-13-14-15-16-17-18-19-20-21-22-23-24-25-26-27-29-35-39-44(49)50-41(36-32-28-10-8-6-4-2)37-33-30-31-34-38-42(46)45-40-43(47)48/h5,7,11-12,14-15,17-18,41H,3-4,6,8-10,13,16,19-40H2,1-2H3,(H,45,46)(H,47,48)/b7-5-,12-11-,15-14-,18-17-. The molecule has 1 unspecified atom stereocenters. The van der Waals surface area contributed by atoms with Crippen LogP contribution in [-0.2, 0) is 19.1 Å². The summed E-state index contributed by atoms with van der Waals surface area (Å²) in [4.78, 5) is 34.9. The highest BCUT2D eigenvalue weighted by atomic mass is 16.5. The van der Waals surface area contributed by atoms with Gasteiger partial charge in [-0.1, -0.05) is 159 Å². The minimum Gasteiger partial charge on any atom is -0.480 e. The van der Waals surface area contributed by atoms with Gasteiger partial charge < -0.3 is 15.2 Å². The van der Waals surface area contributed by atoms with Crippen molar-refractivity contribution < 1.29 is 24.2 Å². The molecule has 2 N–H and O–H groups in total. The van der Waals surface area contributed by atoms with Crippen molar-refractivity contribution in [3.05, 3.63) is 48.6 Å². The zero-order valence-corrected chi connectivity index (χ0v) is 32.5. The lowest BCUT2D eigenvalue weighted by molar-refractivity contribution is -0.150. The van der Waals surface area contributed by atoms with Crippen molar-refractivity contribution in [3.63, 3.8) is 0 Å². The first-order valence-electron chi connectivity index (χ1n) is 20.8. The predicted octanol–water partition coefficient (Wildman–Crippen LogP) is 12.7. The van der Waals surface area contributed by atoms with Crippen LogP contribution < -0.4 is 5.32 Å². The number of carboxylic acids is 1. The maximum atomic E-state index is 12.6. The minimum absolute atomic E-state index is 0.00135. The third-order valence-electron chi connectivity index (χ3n) is 9.02. The molecule has 0 fully saturated rings. The number of hydrogen-bond donors (Lipinski definition) is 2. The van der Waals surface area contributed by atoms with Crippen LogP contribution in [0.4, 0.5) is 0 Å². The van der Waals surface area contributed by atoms with E-state index < -0.39 is 5.97 Å². The van der Waals surface area contributed by atoms with E-state index in [-0.39, 0.29) is 24.5 Å². The number of ether oxygens (including phenoxy) is 1. The van der Waals surface area contributed by atoms with Crippen LogP contribution in [0.15, 0.2) is 48.6 Å². The molecule has 6 nitrogen and oxygen atoms in total. The van der Waals surface area contributed by atoms with Gasteiger partial charge in [-0.05, 0) is 77.0 Å². The fourth-order valence-corrected chi connectivity index (χ4v) is 5.98. The lowest BCUT2D eigenvalue weighted by Crippen LogP contribution is -2.28. The van der Waals surface area contributed by atoms with E-state index in [0.29, 0.717) is 12.8 Å². The summed E-state index contributed by atoms with van der Waals surface area (Å²) >= 11 is 0. The monoisotopic (exact) mass is 700 g/mol. The molecule has 0 aliphatic rings. The number of amides is 1. The number of hydrogen-bond acceptors (Lipinski definition) is 4. The number of rotatable bonds is 37. The third-order valence-corrected chi connectivity index (χ3v) is 9.02. The van der Waals surface area contributed by atoms with E-state index in [1.807, 2.05) is 0 Å². The van der Waals surface area contributed by atoms with E-state index in [4.69, 9.17) is 9.84 Å². The van der Waals surface area contributed by atoms with Gasteiger partial charge >= 0.3 is 11.9 Å². The first-order chi connectivity index (χ1) is 24.5. The Morgan fingerprint density at radius 2 is 0.980 bits per heavy atom. The average molecular weight is 700 g/mol. The Balaban J connectivity index is 3.89. The van der Waals surface area contributed by atoms with Crippen molar-refractivity contribution >= 4 is 17.8 Å². The molecule has 0 rings (SSSR count). The van der Waals surface area contributed by atoms with Gasteiger partial charge in [-0.15, -0.1) is 0 Å². The molecule has 0 aromatic rings. The van der Waals surface area contributed by atoms with Crippen LogP contribution in [0.1, 0.15) is 200 Å². The van der Waals surface area contributed by atoms with Gasteiger partial charge in [0, 0.05) is 12.8 Å². The Morgan fingerprint density at radius 3 is 1.50 bits per heavy atom. The van der Waals surface area contributed by atoms with E-state index in [2.05, 4.69) is 67.8 Å². The number of carbonyl (C=O) groups is 3. The first kappa shape index (κ1) is 47.4. The van der Waals surface area contributed by atoms with Crippen LogP contribution in [-0.4, -0.2) is 35.6 Å². The summed E-state index contributed by atoms with van der Waals surface area (Å²) < 4.78 is 5.96. The zero-order valence-electron chi connectivity index (χ0n) is 32.5. The molecule has 0 radical (unpaired) electrons. The van der Waals surface area contributed by atoms with Gasteiger partial charge in [-0.3, -0.25) is 14.4 Å². The Hall–Kier alpha value is -2.63. The fourth-order valence-electron chi connectivity index (χ4n) is 5.98. The number of carboxylic acid groups (broad SMARTS) is 1. The zero-order chi connectivity index (χ0) is 36.6. The van der Waals surface area contributed by atoms with Gasteiger partial charge in [0.2, 0.25) is 5.91 Å². The summed E-state index contributed by atoms with van der Waals surface area (Å²) in [5, 5.41) is 11.1. The molecule has 0 bridgehead atoms. The molecule has 0 saturated heterocycles. The van der Waals surface area contributed by atoms with Crippen LogP contribution in [0.5, 0.6) is 0 Å². The Morgan fingerprint density at radius 1 is 0.540 bits per heavy atom. The molecular weight excluding hydrogens is 622 g/mol. The van der Waals surface area contributed by atoms with Crippen molar-refractivity contribution in [2.45, 2.75) is 206 Å². The molecule has 0 aliphatic carbocycles. The molecule has 0 heterocycles. The second kappa shape index (κ2) is 39.2. The highest BCUT2D eigenvalue weighted by Crippen LogP contribution is 2.18. The van der Waals surface area contributed by atoms with E-state index in [0.717, 1.165) is 83.5 Å². The van der Waals surface area contributed by atoms with E-state index in [1.54, 1.807) is 0 Å². The van der Waals surface area contributed by atoms with Gasteiger partial charge in [0.05, 0.1) is 0 Å². The Labute approximate surface area is 308 Å². The number of esters is 1. The van der Waals surface area contributed by atoms with Gasteiger partial charge in [0.1, 0.15) is 12.6 Å². The summed E-state index contributed by atoms with van der Waals surface area (Å²) in [6.07, 6.45) is 49.6. The number of unbranched alkanes of at least 4 members (excludes halogenated alkanes) is 18. The van der Waals surface area contributed by atoms with Crippen LogP contribution in [0.3, 0.4) is 0 Å². The molecular formula is C44H77NO5. The summed E-state index contributed by atoms with van der Waals surface area (Å²) in [5.74, 6) is -1.27. The van der Waals surface area contributed by atoms with Gasteiger partial charge in [0.25, 0.3) is 0 Å². The number of aliphatic carboxylic acids is 1. The summed E-state index contributed by atoms with van der Waals surface area (Å²) in [7, 11) is 0. The summed E-state index contributed by atoms with van der Waals surface area (Å²) in [6.45, 7) is 4.08. The third kappa shape index (κ3) is 38.2. The van der Waals surface area contributed by atoms with Crippen molar-refractivity contribution in [2.24, 2.45) is 0 Å². The number of carbonyl (C=O) groups excluding carboxylic acids is 2. The highest BCUT2D eigenvalue weighted by molar-refractivity contribution is 5.80. The van der Waals surface area contributed by atoms with E-state index in [9.17, 15) is 14.4 Å². The van der Waals surface area contributed by atoms with Gasteiger partial charge in [0.15, 0.2) is 0 Å². The SMILES string of the molecule is CC/C=C\C/C=C\C/C=C\C/C=C\CCCCCCCCCCCCC(=O)OC(CCCCCCCC)CCCCCCC(=O)NCC(=O)O. The van der Waals surface area contributed by atoms with Crippen LogP contribution in [0.25, 0.3) is 0 Å². The summed E-state index contributed by atoms with van der Waals surface area (Å²) in [5.41, 5.74) is 0. The molecule has 1 atom stereocenters. The van der Waals surface area contributed by atoms with Crippen molar-refractivity contribution in [3.8, 4) is 0 Å². The molecule has 0 spiro atoms. The molecule has 0 aromatic carbocycles. The van der Waals surface area contributed by atoms with Gasteiger partial charge in [-0.25, -0.2) is 0 Å². The molecule has 1 amide bonds. The fraction of sp³-hybridized carbons (Fsp3) is 0.750. The lowest BCUT2D eigenvalue weighted by Gasteiger charge is -2.18. The second-order valence-corrected chi connectivity index (χ2v) is 13.9. The van der Waals surface area contributed by atoms with Crippen LogP contribution >= 0.6 is 0 Å². The minimum atomic E-state index is -1.02. The molecule has 288 valence electrons. The topological polar surface area (TPSA) is 92.7 Å². The van der Waals surface area contributed by atoms with E-state index >= 15 is 0 Å². The van der Waals surface area contributed by atoms with Crippen molar-refractivity contribution in [1.29, 1.82) is 0 Å². The molecule has 6 heteroatoms. The maximum absolute atomic E-state index is 12.6. The van der Waals surface area contributed by atoms with Crippen molar-refractivity contribution in [1.82, 2.24) is 5.32 Å². The molecule has 50 heavy (non-hydrogen) atoms. The highest BCUT2D eigenvalue weighted by Gasteiger charge is 2.14. The quantitative estimate of drug-likeness (QED) is 0.0382. The Kier molecular flexibility index (Phi) is 37.1. The number of nitrogens with one attached hydrogen (secondary N) is 1. The maximum Gasteiger partial charge on any atom is 0.322 e. The van der Waals surface area contributed by atoms with Crippen molar-refractivity contribution in [2.75, 3.05) is 6.54 Å². The van der Waals surface area contributed by atoms with Crippen LogP contribution in [0, 0.1) is 0 Å². The number of allylic oxidation sites excluding steroid dienone is 8. The van der Waals surface area contributed by atoms with E-state index in [1.165, 1.54) is 89.9 Å². The normalized spacial score (nSPS) is 12.5. The van der Waals surface area contributed by atoms with Crippen LogP contribution in [0.2, 0.25) is 0 Å². The summed E-state index contributed by atoms with van der Waals surface area (Å²) in [6, 6.07) is 0. The molecule has 0 saturated carbocycles. The van der Waals surface area contributed by atoms with Gasteiger partial charge in [-0.2, -0.15) is 0 Å². The first-order valence-corrected chi connectivity index (χ1v) is 20.8. The molecule has 0 aromatic heterocycles. The predicted molar refractivity (Wildman–Crippen MR) is 212 cm³/mol. The Bertz CT molecular complexity index is 906. The average Bonchev–Trinajstić information content (AvgIpc) is 3.10.